The molecule has 1 fully saturated rings. The summed E-state index contributed by atoms with van der Waals surface area (Å²) in [7, 11) is 0. The van der Waals surface area contributed by atoms with E-state index in [2.05, 4.69) is 17.4 Å². The molecule has 6 heteroatoms. The second-order valence-corrected chi connectivity index (χ2v) is 10.3. The molecule has 176 valence electrons. The van der Waals surface area contributed by atoms with Crippen LogP contribution in [0.3, 0.4) is 0 Å². The quantitative estimate of drug-likeness (QED) is 0.657. The Morgan fingerprint density at radius 1 is 1.03 bits per heavy atom. The third-order valence-corrected chi connectivity index (χ3v) is 6.71. The fourth-order valence-electron chi connectivity index (χ4n) is 5.29. The van der Waals surface area contributed by atoms with Crippen molar-refractivity contribution in [2.45, 2.75) is 71.5 Å². The van der Waals surface area contributed by atoms with Gasteiger partial charge in [-0.15, -0.1) is 0 Å². The molecular formula is C27H34N2O4. The van der Waals surface area contributed by atoms with Crippen molar-refractivity contribution < 1.29 is 18.8 Å². The smallest absolute Gasteiger partial charge is 0.247 e. The van der Waals surface area contributed by atoms with Gasteiger partial charge in [0.25, 0.3) is 0 Å². The van der Waals surface area contributed by atoms with E-state index in [0.29, 0.717) is 18.6 Å². The third kappa shape index (κ3) is 4.75. The third-order valence-electron chi connectivity index (χ3n) is 6.71. The number of rotatable bonds is 8. The highest BCUT2D eigenvalue weighted by Gasteiger charge is 2.49. The number of ketones is 1. The van der Waals surface area contributed by atoms with Crippen molar-refractivity contribution >= 4 is 17.6 Å². The molecule has 6 nitrogen and oxygen atoms in total. The Labute approximate surface area is 195 Å². The van der Waals surface area contributed by atoms with Crippen LogP contribution < -0.4 is 5.32 Å². The molecule has 0 unspecified atom stereocenters. The first-order valence-corrected chi connectivity index (χ1v) is 12.0. The minimum atomic E-state index is -0.893. The van der Waals surface area contributed by atoms with Gasteiger partial charge in [0.05, 0.1) is 6.26 Å². The van der Waals surface area contributed by atoms with Crippen LogP contribution in [0.1, 0.15) is 63.5 Å². The van der Waals surface area contributed by atoms with E-state index in [9.17, 15) is 14.4 Å². The molecule has 1 aromatic carbocycles. The molecule has 1 N–H and O–H groups in total. The number of carbonyl (C=O) groups is 3. The molecule has 2 aromatic rings. The summed E-state index contributed by atoms with van der Waals surface area (Å²) in [6.07, 6.45) is 3.79. The van der Waals surface area contributed by atoms with E-state index in [1.54, 1.807) is 17.0 Å². The Bertz CT molecular complexity index is 986. The standard InChI is InChI=1S/C27H34N2O4/c1-16(2)12-21-26(31)28-24(20-14-18-8-5-6-9-19(18)15-20)27(32)29(21)25(22(30)13-17(3)4)23-10-7-11-33-23/h5-11,16-17,20-21,24-25H,12-15H2,1-4H3,(H,28,31)/t21-,24-,25+/m1/s1. The number of piperazine rings is 1. The van der Waals surface area contributed by atoms with Crippen molar-refractivity contribution in [3.8, 4) is 0 Å². The van der Waals surface area contributed by atoms with Gasteiger partial charge in [0.1, 0.15) is 23.9 Å². The van der Waals surface area contributed by atoms with Crippen LogP contribution in [0, 0.1) is 17.8 Å². The molecule has 0 spiro atoms. The minimum Gasteiger partial charge on any atom is -0.467 e. The van der Waals surface area contributed by atoms with Crippen LogP contribution in [0.25, 0.3) is 0 Å². The molecule has 4 rings (SSSR count). The molecule has 0 radical (unpaired) electrons. The maximum atomic E-state index is 14.0. The molecule has 0 bridgehead atoms. The zero-order chi connectivity index (χ0) is 23.7. The summed E-state index contributed by atoms with van der Waals surface area (Å²) < 4.78 is 5.65. The zero-order valence-electron chi connectivity index (χ0n) is 19.9. The average Bonchev–Trinajstić information content (AvgIpc) is 3.41. The highest BCUT2D eigenvalue weighted by atomic mass is 16.3. The molecule has 0 saturated carbocycles. The summed E-state index contributed by atoms with van der Waals surface area (Å²) in [5, 5.41) is 3.04. The van der Waals surface area contributed by atoms with Gasteiger partial charge in [-0.25, -0.2) is 0 Å². The minimum absolute atomic E-state index is 0.0289. The van der Waals surface area contributed by atoms with Gasteiger partial charge in [0, 0.05) is 6.42 Å². The van der Waals surface area contributed by atoms with Gasteiger partial charge in [-0.3, -0.25) is 14.4 Å². The van der Waals surface area contributed by atoms with Gasteiger partial charge in [0.2, 0.25) is 11.8 Å². The lowest BCUT2D eigenvalue weighted by molar-refractivity contribution is -0.158. The lowest BCUT2D eigenvalue weighted by Gasteiger charge is -2.44. The van der Waals surface area contributed by atoms with E-state index in [-0.39, 0.29) is 35.4 Å². The summed E-state index contributed by atoms with van der Waals surface area (Å²) in [5.41, 5.74) is 2.44. The number of hydrogen-bond donors (Lipinski definition) is 1. The lowest BCUT2D eigenvalue weighted by Crippen LogP contribution is -2.66. The number of nitrogens with one attached hydrogen (secondary N) is 1. The Hall–Kier alpha value is -2.89. The van der Waals surface area contributed by atoms with E-state index >= 15 is 0 Å². The van der Waals surface area contributed by atoms with Gasteiger partial charge in [-0.2, -0.15) is 0 Å². The van der Waals surface area contributed by atoms with Crippen LogP contribution >= 0.6 is 0 Å². The number of Topliss-reactive ketones (excluding diaryl/α,β-unsaturated/α-hetero) is 1. The zero-order valence-corrected chi connectivity index (χ0v) is 19.9. The lowest BCUT2D eigenvalue weighted by atomic mass is 9.87. The van der Waals surface area contributed by atoms with E-state index in [4.69, 9.17) is 4.42 Å². The maximum Gasteiger partial charge on any atom is 0.247 e. The Morgan fingerprint density at radius 3 is 2.24 bits per heavy atom. The van der Waals surface area contributed by atoms with Crippen molar-refractivity contribution in [2.24, 2.45) is 17.8 Å². The number of carbonyl (C=O) groups excluding carboxylic acids is 3. The number of nitrogens with zero attached hydrogens (tertiary/aromatic N) is 1. The van der Waals surface area contributed by atoms with Crippen molar-refractivity contribution in [2.75, 3.05) is 0 Å². The monoisotopic (exact) mass is 450 g/mol. The molecule has 2 aliphatic rings. The SMILES string of the molecule is CC(C)CC(=O)[C@@H](c1ccco1)N1C(=O)[C@@H](C2Cc3ccccc3C2)NC(=O)[C@H]1CC(C)C. The number of benzene rings is 1. The van der Waals surface area contributed by atoms with Crippen LogP contribution in [-0.2, 0) is 27.2 Å². The van der Waals surface area contributed by atoms with E-state index in [1.165, 1.54) is 17.4 Å². The van der Waals surface area contributed by atoms with Gasteiger partial charge in [-0.05, 0) is 60.3 Å². The fourth-order valence-corrected chi connectivity index (χ4v) is 5.29. The van der Waals surface area contributed by atoms with Crippen LogP contribution in [-0.4, -0.2) is 34.6 Å². The summed E-state index contributed by atoms with van der Waals surface area (Å²) in [5.74, 6) is 0.248. The first-order valence-electron chi connectivity index (χ1n) is 12.0. The van der Waals surface area contributed by atoms with Crippen molar-refractivity contribution in [1.82, 2.24) is 10.2 Å². The molecule has 3 atom stereocenters. The van der Waals surface area contributed by atoms with Gasteiger partial charge in [-0.1, -0.05) is 52.0 Å². The average molecular weight is 451 g/mol. The predicted octanol–water partition coefficient (Wildman–Crippen LogP) is 4.09. The first-order chi connectivity index (χ1) is 15.8. The van der Waals surface area contributed by atoms with E-state index in [1.807, 2.05) is 39.8 Å². The Kier molecular flexibility index (Phi) is 6.73. The van der Waals surface area contributed by atoms with Gasteiger partial charge >= 0.3 is 0 Å². The molecule has 33 heavy (non-hydrogen) atoms. The molecule has 2 heterocycles. The number of hydrogen-bond acceptors (Lipinski definition) is 4. The molecule has 1 saturated heterocycles. The molecule has 1 aliphatic carbocycles. The van der Waals surface area contributed by atoms with Crippen LogP contribution in [0.2, 0.25) is 0 Å². The van der Waals surface area contributed by atoms with Crippen LogP contribution in [0.15, 0.2) is 47.1 Å². The van der Waals surface area contributed by atoms with Crippen molar-refractivity contribution in [3.63, 3.8) is 0 Å². The Balaban J connectivity index is 1.71. The molecule has 1 aliphatic heterocycles. The predicted molar refractivity (Wildman–Crippen MR) is 125 cm³/mol. The van der Waals surface area contributed by atoms with E-state index < -0.39 is 18.1 Å². The largest absolute Gasteiger partial charge is 0.467 e. The summed E-state index contributed by atoms with van der Waals surface area (Å²) in [4.78, 5) is 42.5. The van der Waals surface area contributed by atoms with Gasteiger partial charge in [0.15, 0.2) is 5.78 Å². The highest BCUT2D eigenvalue weighted by Crippen LogP contribution is 2.36. The number of furan rings is 1. The topological polar surface area (TPSA) is 79.6 Å². The normalized spacial score (nSPS) is 22.1. The molecule has 2 amide bonds. The number of amides is 2. The second-order valence-electron chi connectivity index (χ2n) is 10.3. The van der Waals surface area contributed by atoms with Crippen molar-refractivity contribution in [1.29, 1.82) is 0 Å². The van der Waals surface area contributed by atoms with Crippen LogP contribution in [0.5, 0.6) is 0 Å². The molecular weight excluding hydrogens is 416 g/mol. The van der Waals surface area contributed by atoms with Crippen molar-refractivity contribution in [3.05, 3.63) is 59.5 Å². The second kappa shape index (κ2) is 9.54. The maximum absolute atomic E-state index is 14.0. The first kappa shape index (κ1) is 23.3. The Morgan fingerprint density at radius 2 is 1.70 bits per heavy atom. The van der Waals surface area contributed by atoms with Gasteiger partial charge < -0.3 is 14.6 Å². The fraction of sp³-hybridized carbons (Fsp3) is 0.519. The highest BCUT2D eigenvalue weighted by molar-refractivity contribution is 6.00. The summed E-state index contributed by atoms with van der Waals surface area (Å²) >= 11 is 0. The number of fused-ring (bicyclic) bond motifs is 1. The van der Waals surface area contributed by atoms with E-state index in [0.717, 1.165) is 12.8 Å². The molecule has 1 aromatic heterocycles. The van der Waals surface area contributed by atoms with Crippen LogP contribution in [0.4, 0.5) is 0 Å². The summed E-state index contributed by atoms with van der Waals surface area (Å²) in [6, 6.07) is 9.38. The summed E-state index contributed by atoms with van der Waals surface area (Å²) in [6.45, 7) is 8.00.